The van der Waals surface area contributed by atoms with Crippen LogP contribution in [-0.2, 0) is 11.3 Å². The lowest BCUT2D eigenvalue weighted by Gasteiger charge is -2.29. The van der Waals surface area contributed by atoms with Gasteiger partial charge in [-0.15, -0.1) is 0 Å². The van der Waals surface area contributed by atoms with Crippen molar-refractivity contribution >= 4 is 10.8 Å². The second kappa shape index (κ2) is 7.77. The first kappa shape index (κ1) is 16.2. The molecule has 1 saturated heterocycles. The highest BCUT2D eigenvalue weighted by molar-refractivity contribution is 5.84. The zero-order valence-corrected chi connectivity index (χ0v) is 14.0. The molecule has 1 atom stereocenters. The molecule has 0 aliphatic carbocycles. The van der Waals surface area contributed by atoms with Gasteiger partial charge in [-0.25, -0.2) is 0 Å². The third-order valence-corrected chi connectivity index (χ3v) is 4.40. The van der Waals surface area contributed by atoms with Gasteiger partial charge in [-0.3, -0.25) is 4.90 Å². The van der Waals surface area contributed by atoms with Gasteiger partial charge < -0.3 is 14.8 Å². The maximum Gasteiger partial charge on any atom is 0.119 e. The summed E-state index contributed by atoms with van der Waals surface area (Å²) in [7, 11) is 1.70. The van der Waals surface area contributed by atoms with E-state index in [2.05, 4.69) is 47.5 Å². The van der Waals surface area contributed by atoms with E-state index in [1.165, 1.54) is 16.3 Å². The summed E-state index contributed by atoms with van der Waals surface area (Å²) in [5, 5.41) is 6.10. The molecular weight excluding hydrogens is 288 g/mol. The summed E-state index contributed by atoms with van der Waals surface area (Å²) in [4.78, 5) is 2.47. The molecule has 3 rings (SSSR count). The third-order valence-electron chi connectivity index (χ3n) is 4.40. The minimum absolute atomic E-state index is 0.472. The first-order valence-electron chi connectivity index (χ1n) is 8.35. The Bertz CT molecular complexity index is 638. The van der Waals surface area contributed by atoms with Crippen LogP contribution < -0.4 is 10.1 Å². The first-order valence-corrected chi connectivity index (χ1v) is 8.35. The average molecular weight is 314 g/mol. The Morgan fingerprint density at radius 2 is 1.87 bits per heavy atom. The van der Waals surface area contributed by atoms with E-state index in [0.29, 0.717) is 6.04 Å². The predicted octanol–water partition coefficient (Wildman–Crippen LogP) is 2.66. The van der Waals surface area contributed by atoms with Gasteiger partial charge in [0.2, 0.25) is 0 Å². The van der Waals surface area contributed by atoms with Crippen LogP contribution in [0.15, 0.2) is 36.4 Å². The molecule has 0 saturated carbocycles. The van der Waals surface area contributed by atoms with Crippen molar-refractivity contribution in [2.75, 3.05) is 40.0 Å². The summed E-state index contributed by atoms with van der Waals surface area (Å²) >= 11 is 0. The van der Waals surface area contributed by atoms with Crippen molar-refractivity contribution in [3.63, 3.8) is 0 Å². The summed E-state index contributed by atoms with van der Waals surface area (Å²) in [5.41, 5.74) is 1.32. The van der Waals surface area contributed by atoms with Crippen LogP contribution in [0, 0.1) is 0 Å². The summed E-state index contributed by atoms with van der Waals surface area (Å²) in [6.45, 7) is 8.04. The molecule has 0 amide bonds. The quantitative estimate of drug-likeness (QED) is 0.889. The number of hydrogen-bond acceptors (Lipinski definition) is 4. The maximum atomic E-state index is 5.40. The molecule has 1 fully saturated rings. The average Bonchev–Trinajstić information content (AvgIpc) is 2.60. The summed E-state index contributed by atoms with van der Waals surface area (Å²) in [6.07, 6.45) is 0. The van der Waals surface area contributed by atoms with Crippen LogP contribution in [0.25, 0.3) is 10.8 Å². The van der Waals surface area contributed by atoms with Crippen molar-refractivity contribution in [1.82, 2.24) is 10.2 Å². The summed E-state index contributed by atoms with van der Waals surface area (Å²) in [5.74, 6) is 0.905. The van der Waals surface area contributed by atoms with Gasteiger partial charge >= 0.3 is 0 Å². The lowest BCUT2D eigenvalue weighted by Crippen LogP contribution is -2.44. The lowest BCUT2D eigenvalue weighted by atomic mass is 10.1. The fraction of sp³-hybridized carbons (Fsp3) is 0.474. The van der Waals surface area contributed by atoms with Crippen LogP contribution in [0.4, 0.5) is 0 Å². The molecule has 1 aliphatic rings. The Labute approximate surface area is 138 Å². The van der Waals surface area contributed by atoms with Crippen molar-refractivity contribution in [3.8, 4) is 5.75 Å². The number of nitrogens with one attached hydrogen (secondary N) is 1. The molecule has 0 aromatic heterocycles. The molecule has 1 aliphatic heterocycles. The van der Waals surface area contributed by atoms with E-state index in [4.69, 9.17) is 9.47 Å². The number of methoxy groups -OCH3 is 1. The molecule has 124 valence electrons. The number of hydrogen-bond donors (Lipinski definition) is 1. The smallest absolute Gasteiger partial charge is 0.119 e. The third kappa shape index (κ3) is 4.44. The molecule has 4 heteroatoms. The molecule has 0 bridgehead atoms. The highest BCUT2D eigenvalue weighted by Crippen LogP contribution is 2.21. The molecule has 1 heterocycles. The molecule has 0 spiro atoms. The summed E-state index contributed by atoms with van der Waals surface area (Å²) in [6, 6.07) is 13.3. The zero-order chi connectivity index (χ0) is 16.1. The van der Waals surface area contributed by atoms with Crippen molar-refractivity contribution in [2.45, 2.75) is 19.5 Å². The van der Waals surface area contributed by atoms with E-state index in [9.17, 15) is 0 Å². The minimum atomic E-state index is 0.472. The van der Waals surface area contributed by atoms with Gasteiger partial charge in [-0.2, -0.15) is 0 Å². The molecule has 1 unspecified atom stereocenters. The van der Waals surface area contributed by atoms with Crippen molar-refractivity contribution in [2.24, 2.45) is 0 Å². The van der Waals surface area contributed by atoms with Gasteiger partial charge in [-0.05, 0) is 41.5 Å². The van der Waals surface area contributed by atoms with Crippen LogP contribution in [0.5, 0.6) is 5.75 Å². The Balaban J connectivity index is 1.56. The molecular formula is C19H26N2O2. The minimum Gasteiger partial charge on any atom is -0.497 e. The van der Waals surface area contributed by atoms with E-state index in [-0.39, 0.29) is 0 Å². The van der Waals surface area contributed by atoms with E-state index < -0.39 is 0 Å². The Morgan fingerprint density at radius 3 is 2.65 bits per heavy atom. The van der Waals surface area contributed by atoms with Gasteiger partial charge in [0.25, 0.3) is 0 Å². The van der Waals surface area contributed by atoms with Gasteiger partial charge in [-0.1, -0.05) is 18.2 Å². The van der Waals surface area contributed by atoms with Gasteiger partial charge in [0.15, 0.2) is 0 Å². The first-order chi connectivity index (χ1) is 11.2. The Kier molecular flexibility index (Phi) is 5.49. The highest BCUT2D eigenvalue weighted by Gasteiger charge is 2.13. The maximum absolute atomic E-state index is 5.40. The number of fused-ring (bicyclic) bond motifs is 1. The van der Waals surface area contributed by atoms with Crippen LogP contribution in [0.2, 0.25) is 0 Å². The van der Waals surface area contributed by atoms with Crippen LogP contribution in [-0.4, -0.2) is 50.9 Å². The molecule has 2 aromatic carbocycles. The molecule has 4 nitrogen and oxygen atoms in total. The predicted molar refractivity (Wildman–Crippen MR) is 94.1 cm³/mol. The Hall–Kier alpha value is -1.62. The Morgan fingerprint density at radius 1 is 1.13 bits per heavy atom. The van der Waals surface area contributed by atoms with Gasteiger partial charge in [0.05, 0.1) is 20.3 Å². The summed E-state index contributed by atoms with van der Waals surface area (Å²) < 4.78 is 10.7. The number of rotatable bonds is 6. The number of ether oxygens (including phenoxy) is 2. The number of nitrogens with zero attached hydrogens (tertiary/aromatic N) is 1. The second-order valence-electron chi connectivity index (χ2n) is 6.24. The van der Waals surface area contributed by atoms with Crippen molar-refractivity contribution in [1.29, 1.82) is 0 Å². The van der Waals surface area contributed by atoms with Crippen LogP contribution in [0.3, 0.4) is 0 Å². The second-order valence-corrected chi connectivity index (χ2v) is 6.24. The van der Waals surface area contributed by atoms with Crippen molar-refractivity contribution < 1.29 is 9.47 Å². The number of morpholine rings is 1. The fourth-order valence-electron chi connectivity index (χ4n) is 3.04. The van der Waals surface area contributed by atoms with E-state index >= 15 is 0 Å². The fourth-order valence-corrected chi connectivity index (χ4v) is 3.04. The normalized spacial score (nSPS) is 17.3. The van der Waals surface area contributed by atoms with Crippen LogP contribution >= 0.6 is 0 Å². The lowest BCUT2D eigenvalue weighted by molar-refractivity contribution is 0.0343. The van der Waals surface area contributed by atoms with E-state index in [1.54, 1.807) is 7.11 Å². The monoisotopic (exact) mass is 314 g/mol. The highest BCUT2D eigenvalue weighted by atomic mass is 16.5. The van der Waals surface area contributed by atoms with Gasteiger partial charge in [0.1, 0.15) is 5.75 Å². The van der Waals surface area contributed by atoms with Crippen molar-refractivity contribution in [3.05, 3.63) is 42.0 Å². The topological polar surface area (TPSA) is 33.7 Å². The molecule has 0 radical (unpaired) electrons. The number of benzene rings is 2. The van der Waals surface area contributed by atoms with Crippen LogP contribution in [0.1, 0.15) is 12.5 Å². The zero-order valence-electron chi connectivity index (χ0n) is 14.0. The molecule has 1 N–H and O–H groups in total. The molecule has 2 aromatic rings. The van der Waals surface area contributed by atoms with E-state index in [0.717, 1.165) is 45.1 Å². The SMILES string of the molecule is COc1ccc2cc(CNC(C)CN3CCOCC3)ccc2c1. The standard InChI is InChI=1S/C19H26N2O2/c1-15(14-21-7-9-23-10-8-21)20-13-16-3-4-18-12-19(22-2)6-5-17(18)11-16/h3-6,11-12,15,20H,7-10,13-14H2,1-2H3. The molecule has 23 heavy (non-hydrogen) atoms. The van der Waals surface area contributed by atoms with E-state index in [1.807, 2.05) is 6.07 Å². The van der Waals surface area contributed by atoms with Gasteiger partial charge in [0, 0.05) is 32.2 Å². The largest absolute Gasteiger partial charge is 0.497 e.